The van der Waals surface area contributed by atoms with Crippen molar-refractivity contribution in [3.8, 4) is 11.5 Å². The van der Waals surface area contributed by atoms with Gasteiger partial charge in [-0.1, -0.05) is 18.2 Å². The quantitative estimate of drug-likeness (QED) is 0.834. The van der Waals surface area contributed by atoms with Gasteiger partial charge in [-0.15, -0.1) is 0 Å². The summed E-state index contributed by atoms with van der Waals surface area (Å²) in [6.45, 7) is 1.91. The molecule has 2 aromatic rings. The summed E-state index contributed by atoms with van der Waals surface area (Å²) < 4.78 is 10.5. The first-order valence-corrected chi connectivity index (χ1v) is 7.91. The van der Waals surface area contributed by atoms with E-state index >= 15 is 0 Å². The van der Waals surface area contributed by atoms with Gasteiger partial charge in [-0.25, -0.2) is 0 Å². The second kappa shape index (κ2) is 6.84. The van der Waals surface area contributed by atoms with Crippen LogP contribution in [0.25, 0.3) is 6.08 Å². The van der Waals surface area contributed by atoms with E-state index in [4.69, 9.17) is 9.47 Å². The van der Waals surface area contributed by atoms with Gasteiger partial charge in [-0.2, -0.15) is 0 Å². The number of ether oxygens (including phenoxy) is 2. The van der Waals surface area contributed by atoms with Crippen molar-refractivity contribution in [3.05, 3.63) is 63.1 Å². The number of hydrogen-bond acceptors (Lipinski definition) is 5. The SMILES string of the molecule is COC(=O)C[C@@H](C1=Cc2ccccc2OC1)c1c(O)cc(C)[nH]c1=O. The van der Waals surface area contributed by atoms with E-state index in [-0.39, 0.29) is 24.3 Å². The molecule has 2 heterocycles. The molecule has 0 saturated heterocycles. The fraction of sp³-hybridized carbons (Fsp3) is 0.263. The Morgan fingerprint density at radius 2 is 2.16 bits per heavy atom. The molecule has 6 nitrogen and oxygen atoms in total. The average Bonchev–Trinajstić information content (AvgIpc) is 2.59. The van der Waals surface area contributed by atoms with Crippen LogP contribution in [0.3, 0.4) is 0 Å². The highest BCUT2D eigenvalue weighted by molar-refractivity contribution is 5.73. The highest BCUT2D eigenvalue weighted by Gasteiger charge is 2.28. The van der Waals surface area contributed by atoms with E-state index in [1.54, 1.807) is 6.92 Å². The number of aryl methyl sites for hydroxylation is 1. The molecule has 2 N–H and O–H groups in total. The molecule has 0 bridgehead atoms. The number of hydrogen-bond donors (Lipinski definition) is 2. The topological polar surface area (TPSA) is 88.6 Å². The molecule has 0 radical (unpaired) electrons. The lowest BCUT2D eigenvalue weighted by molar-refractivity contribution is -0.140. The van der Waals surface area contributed by atoms with E-state index in [0.29, 0.717) is 5.69 Å². The largest absolute Gasteiger partial charge is 0.507 e. The number of nitrogens with one attached hydrogen (secondary N) is 1. The summed E-state index contributed by atoms with van der Waals surface area (Å²) in [7, 11) is 1.29. The zero-order valence-electron chi connectivity index (χ0n) is 14.0. The fourth-order valence-electron chi connectivity index (χ4n) is 3.02. The summed E-state index contributed by atoms with van der Waals surface area (Å²) in [6.07, 6.45) is 1.83. The number of aromatic hydroxyl groups is 1. The molecule has 0 aliphatic carbocycles. The monoisotopic (exact) mass is 341 g/mol. The molecular formula is C19H19NO5. The van der Waals surface area contributed by atoms with E-state index < -0.39 is 17.4 Å². The standard InChI is InChI=1S/C19H19NO5/c1-11-7-15(21)18(19(23)20-11)14(9-17(22)24-2)13-8-12-5-3-4-6-16(12)25-10-13/h3-8,14H,9-10H2,1-2H3,(H2,20,21,23)/t14-/m0/s1. The fourth-order valence-corrected chi connectivity index (χ4v) is 3.02. The van der Waals surface area contributed by atoms with Crippen LogP contribution in [0.2, 0.25) is 0 Å². The molecule has 1 atom stereocenters. The van der Waals surface area contributed by atoms with Gasteiger partial charge in [-0.05, 0) is 30.7 Å². The van der Waals surface area contributed by atoms with Crippen LogP contribution < -0.4 is 10.3 Å². The molecule has 0 spiro atoms. The Morgan fingerprint density at radius 1 is 1.40 bits per heavy atom. The maximum Gasteiger partial charge on any atom is 0.306 e. The van der Waals surface area contributed by atoms with Crippen LogP contribution in [0.5, 0.6) is 11.5 Å². The first-order valence-electron chi connectivity index (χ1n) is 7.91. The van der Waals surface area contributed by atoms with Crippen molar-refractivity contribution in [1.29, 1.82) is 0 Å². The van der Waals surface area contributed by atoms with Crippen molar-refractivity contribution in [2.45, 2.75) is 19.3 Å². The third-order valence-electron chi connectivity index (χ3n) is 4.23. The van der Waals surface area contributed by atoms with E-state index in [1.165, 1.54) is 13.2 Å². The minimum Gasteiger partial charge on any atom is -0.507 e. The second-order valence-electron chi connectivity index (χ2n) is 5.96. The normalized spacial score (nSPS) is 14.1. The van der Waals surface area contributed by atoms with Crippen molar-refractivity contribution in [2.24, 2.45) is 0 Å². The maximum absolute atomic E-state index is 12.4. The third kappa shape index (κ3) is 3.42. The smallest absolute Gasteiger partial charge is 0.306 e. The van der Waals surface area contributed by atoms with Crippen LogP contribution in [-0.2, 0) is 9.53 Å². The van der Waals surface area contributed by atoms with Gasteiger partial charge >= 0.3 is 5.97 Å². The Kier molecular flexibility index (Phi) is 4.61. The third-order valence-corrected chi connectivity index (χ3v) is 4.23. The number of aromatic nitrogens is 1. The van der Waals surface area contributed by atoms with Crippen LogP contribution in [0.4, 0.5) is 0 Å². The molecule has 0 fully saturated rings. The Hall–Kier alpha value is -3.02. The molecule has 25 heavy (non-hydrogen) atoms. The van der Waals surface area contributed by atoms with Crippen LogP contribution in [-0.4, -0.2) is 29.8 Å². The van der Waals surface area contributed by atoms with Gasteiger partial charge in [-0.3, -0.25) is 9.59 Å². The summed E-state index contributed by atoms with van der Waals surface area (Å²) in [5, 5.41) is 10.3. The number of esters is 1. The average molecular weight is 341 g/mol. The number of rotatable bonds is 4. The molecule has 1 aliphatic heterocycles. The number of benzene rings is 1. The van der Waals surface area contributed by atoms with E-state index in [1.807, 2.05) is 30.3 Å². The minimum absolute atomic E-state index is 0.0619. The molecule has 0 saturated carbocycles. The number of pyridine rings is 1. The predicted molar refractivity (Wildman–Crippen MR) is 92.8 cm³/mol. The molecule has 0 amide bonds. The number of methoxy groups -OCH3 is 1. The Bertz CT molecular complexity index is 897. The van der Waals surface area contributed by atoms with Gasteiger partial charge in [0.2, 0.25) is 0 Å². The van der Waals surface area contributed by atoms with Crippen molar-refractivity contribution in [2.75, 3.05) is 13.7 Å². The number of fused-ring (bicyclic) bond motifs is 1. The van der Waals surface area contributed by atoms with Crippen molar-refractivity contribution in [3.63, 3.8) is 0 Å². The predicted octanol–water partition coefficient (Wildman–Crippen LogP) is 2.51. The molecule has 3 rings (SSSR count). The first-order chi connectivity index (χ1) is 12.0. The number of aromatic amines is 1. The Balaban J connectivity index is 2.10. The van der Waals surface area contributed by atoms with Crippen molar-refractivity contribution in [1.82, 2.24) is 4.98 Å². The minimum atomic E-state index is -0.634. The zero-order chi connectivity index (χ0) is 18.0. The first kappa shape index (κ1) is 16.8. The van der Waals surface area contributed by atoms with Gasteiger partial charge in [0.1, 0.15) is 18.1 Å². The second-order valence-corrected chi connectivity index (χ2v) is 5.96. The summed E-state index contributed by atoms with van der Waals surface area (Å²) in [5.74, 6) is -0.505. The number of carbonyl (C=O) groups is 1. The lowest BCUT2D eigenvalue weighted by atomic mass is 9.86. The molecule has 1 aliphatic rings. The summed E-state index contributed by atoms with van der Waals surface area (Å²) >= 11 is 0. The molecular weight excluding hydrogens is 322 g/mol. The highest BCUT2D eigenvalue weighted by atomic mass is 16.5. The van der Waals surface area contributed by atoms with Crippen LogP contribution >= 0.6 is 0 Å². The van der Waals surface area contributed by atoms with Gasteiger partial charge < -0.3 is 19.6 Å². The van der Waals surface area contributed by atoms with Crippen molar-refractivity contribution >= 4 is 12.0 Å². The van der Waals surface area contributed by atoms with Gasteiger partial charge in [0, 0.05) is 17.2 Å². The Labute approximate surface area is 144 Å². The summed E-state index contributed by atoms with van der Waals surface area (Å²) in [5.41, 5.74) is 1.86. The molecule has 6 heteroatoms. The number of H-pyrrole nitrogens is 1. The molecule has 0 unspecified atom stereocenters. The van der Waals surface area contributed by atoms with Crippen molar-refractivity contribution < 1.29 is 19.4 Å². The van der Waals surface area contributed by atoms with Gasteiger partial charge in [0.25, 0.3) is 5.56 Å². The van der Waals surface area contributed by atoms with E-state index in [2.05, 4.69) is 4.98 Å². The van der Waals surface area contributed by atoms with Gasteiger partial charge in [0.15, 0.2) is 0 Å². The van der Waals surface area contributed by atoms with Crippen LogP contribution in [0, 0.1) is 6.92 Å². The summed E-state index contributed by atoms with van der Waals surface area (Å²) in [4.78, 5) is 27.0. The zero-order valence-corrected chi connectivity index (χ0v) is 14.0. The number of para-hydroxylation sites is 1. The lowest BCUT2D eigenvalue weighted by Gasteiger charge is -2.24. The molecule has 130 valence electrons. The van der Waals surface area contributed by atoms with Crippen LogP contribution in [0.1, 0.15) is 29.2 Å². The molecule has 1 aromatic heterocycles. The number of carbonyl (C=O) groups excluding carboxylic acids is 1. The van der Waals surface area contributed by atoms with E-state index in [9.17, 15) is 14.7 Å². The molecule has 1 aromatic carbocycles. The lowest BCUT2D eigenvalue weighted by Crippen LogP contribution is -2.24. The van der Waals surface area contributed by atoms with E-state index in [0.717, 1.165) is 16.9 Å². The maximum atomic E-state index is 12.4. The highest BCUT2D eigenvalue weighted by Crippen LogP contribution is 2.37. The van der Waals surface area contributed by atoms with Crippen LogP contribution in [0.15, 0.2) is 40.7 Å². The summed E-state index contributed by atoms with van der Waals surface area (Å²) in [6, 6.07) is 8.98. The van der Waals surface area contributed by atoms with Gasteiger partial charge in [0.05, 0.1) is 19.1 Å². The Morgan fingerprint density at radius 3 is 2.88 bits per heavy atom.